The highest BCUT2D eigenvalue weighted by atomic mass is 35.5. The quantitative estimate of drug-likeness (QED) is 0.337. The number of rotatable bonds is 3. The number of Topliss-reactive ketones (excluding diaryl/α,β-unsaturated/α-hetero) is 1. The van der Waals surface area contributed by atoms with Gasteiger partial charge in [0.15, 0.2) is 5.78 Å². The maximum atomic E-state index is 12.7. The number of nitro groups is 1. The van der Waals surface area contributed by atoms with Gasteiger partial charge in [0.2, 0.25) is 0 Å². The molecule has 0 saturated heterocycles. The molecular formula is C8H5ClFNO3. The van der Waals surface area contributed by atoms with E-state index in [0.717, 1.165) is 18.2 Å². The number of nitro benzene ring substituents is 1. The van der Waals surface area contributed by atoms with Gasteiger partial charge in [0.25, 0.3) is 5.69 Å². The van der Waals surface area contributed by atoms with Crippen LogP contribution in [0.15, 0.2) is 18.2 Å². The van der Waals surface area contributed by atoms with Gasteiger partial charge in [-0.05, 0) is 12.1 Å². The van der Waals surface area contributed by atoms with Gasteiger partial charge in [-0.15, -0.1) is 11.6 Å². The molecular weight excluding hydrogens is 213 g/mol. The Hall–Kier alpha value is -1.49. The molecule has 4 nitrogen and oxygen atoms in total. The van der Waals surface area contributed by atoms with Crippen LogP contribution in [0.25, 0.3) is 0 Å². The van der Waals surface area contributed by atoms with Gasteiger partial charge in [0.1, 0.15) is 5.82 Å². The SMILES string of the molecule is O=C(CCl)c1cc(F)ccc1[N+](=O)[O-]. The van der Waals surface area contributed by atoms with Crippen LogP contribution in [0, 0.1) is 15.9 Å². The molecule has 0 amide bonds. The summed E-state index contributed by atoms with van der Waals surface area (Å²) in [6.07, 6.45) is 0. The Morgan fingerprint density at radius 3 is 2.71 bits per heavy atom. The monoisotopic (exact) mass is 217 g/mol. The van der Waals surface area contributed by atoms with Gasteiger partial charge >= 0.3 is 0 Å². The summed E-state index contributed by atoms with van der Waals surface area (Å²) in [6.45, 7) is 0. The maximum absolute atomic E-state index is 12.7. The molecule has 1 aromatic carbocycles. The molecule has 0 atom stereocenters. The highest BCUT2D eigenvalue weighted by Gasteiger charge is 2.19. The molecule has 0 spiro atoms. The second-order valence-electron chi connectivity index (χ2n) is 2.48. The first-order valence-corrected chi connectivity index (χ1v) is 4.13. The van der Waals surface area contributed by atoms with Gasteiger partial charge in [-0.25, -0.2) is 4.39 Å². The van der Waals surface area contributed by atoms with Gasteiger partial charge in [0.05, 0.1) is 16.4 Å². The van der Waals surface area contributed by atoms with Crippen molar-refractivity contribution in [1.29, 1.82) is 0 Å². The normalized spacial score (nSPS) is 9.86. The highest BCUT2D eigenvalue weighted by Crippen LogP contribution is 2.20. The molecule has 0 fully saturated rings. The van der Waals surface area contributed by atoms with E-state index in [4.69, 9.17) is 11.6 Å². The Balaban J connectivity index is 3.29. The highest BCUT2D eigenvalue weighted by molar-refractivity contribution is 6.31. The number of ketones is 1. The third-order valence-electron chi connectivity index (χ3n) is 1.58. The molecule has 0 N–H and O–H groups in total. The van der Waals surface area contributed by atoms with Crippen molar-refractivity contribution < 1.29 is 14.1 Å². The minimum absolute atomic E-state index is 0.301. The lowest BCUT2D eigenvalue weighted by Crippen LogP contribution is -2.05. The smallest absolute Gasteiger partial charge is 0.280 e. The fraction of sp³-hybridized carbons (Fsp3) is 0.125. The van der Waals surface area contributed by atoms with Crippen LogP contribution in [0.4, 0.5) is 10.1 Å². The molecule has 0 radical (unpaired) electrons. The van der Waals surface area contributed by atoms with Gasteiger partial charge in [-0.1, -0.05) is 0 Å². The summed E-state index contributed by atoms with van der Waals surface area (Å²) in [5, 5.41) is 10.4. The standard InChI is InChI=1S/C8H5ClFNO3/c9-4-8(12)6-3-5(10)1-2-7(6)11(13)14/h1-3H,4H2. The third kappa shape index (κ3) is 2.05. The van der Waals surface area contributed by atoms with Gasteiger partial charge in [-0.2, -0.15) is 0 Å². The molecule has 6 heteroatoms. The summed E-state index contributed by atoms with van der Waals surface area (Å²) in [7, 11) is 0. The number of carbonyl (C=O) groups excluding carboxylic acids is 1. The minimum Gasteiger partial charge on any atom is -0.293 e. The van der Waals surface area contributed by atoms with E-state index >= 15 is 0 Å². The fourth-order valence-electron chi connectivity index (χ4n) is 0.963. The summed E-state index contributed by atoms with van der Waals surface area (Å²) in [5.41, 5.74) is -0.734. The Morgan fingerprint density at radius 2 is 2.21 bits per heavy atom. The first kappa shape index (κ1) is 10.6. The van der Waals surface area contributed by atoms with Gasteiger partial charge in [0, 0.05) is 6.07 Å². The summed E-state index contributed by atoms with van der Waals surface area (Å²) < 4.78 is 12.7. The predicted molar refractivity (Wildman–Crippen MR) is 48.1 cm³/mol. The van der Waals surface area contributed by atoms with Crippen LogP contribution in [-0.2, 0) is 0 Å². The largest absolute Gasteiger partial charge is 0.293 e. The molecule has 0 heterocycles. The Bertz CT molecular complexity index is 394. The second kappa shape index (κ2) is 4.15. The molecule has 0 bridgehead atoms. The van der Waals surface area contributed by atoms with Crippen LogP contribution in [0.5, 0.6) is 0 Å². The zero-order valence-electron chi connectivity index (χ0n) is 6.87. The number of alkyl halides is 1. The van der Waals surface area contributed by atoms with E-state index in [2.05, 4.69) is 0 Å². The molecule has 1 rings (SSSR count). The molecule has 14 heavy (non-hydrogen) atoms. The average molecular weight is 218 g/mol. The van der Waals surface area contributed by atoms with Crippen LogP contribution in [0.3, 0.4) is 0 Å². The van der Waals surface area contributed by atoms with E-state index in [9.17, 15) is 19.3 Å². The Morgan fingerprint density at radius 1 is 1.57 bits per heavy atom. The van der Waals surface area contributed by atoms with E-state index in [1.807, 2.05) is 0 Å². The molecule has 0 aliphatic carbocycles. The number of benzene rings is 1. The van der Waals surface area contributed by atoms with Crippen LogP contribution in [-0.4, -0.2) is 16.6 Å². The van der Waals surface area contributed by atoms with Crippen LogP contribution in [0.2, 0.25) is 0 Å². The lowest BCUT2D eigenvalue weighted by molar-refractivity contribution is -0.385. The summed E-state index contributed by atoms with van der Waals surface area (Å²) in [6, 6.07) is 2.67. The Labute approximate surface area is 83.4 Å². The van der Waals surface area contributed by atoms with E-state index in [1.165, 1.54) is 0 Å². The maximum Gasteiger partial charge on any atom is 0.280 e. The van der Waals surface area contributed by atoms with Gasteiger partial charge < -0.3 is 0 Å². The van der Waals surface area contributed by atoms with Crippen molar-refractivity contribution in [3.8, 4) is 0 Å². The topological polar surface area (TPSA) is 60.2 Å². The number of halogens is 2. The van der Waals surface area contributed by atoms with Crippen LogP contribution in [0.1, 0.15) is 10.4 Å². The minimum atomic E-state index is -0.751. The van der Waals surface area contributed by atoms with Crippen molar-refractivity contribution in [2.75, 3.05) is 5.88 Å². The average Bonchev–Trinajstić information content (AvgIpc) is 2.16. The number of hydrogen-bond donors (Lipinski definition) is 0. The first-order valence-electron chi connectivity index (χ1n) is 3.59. The third-order valence-corrected chi connectivity index (χ3v) is 1.82. The van der Waals surface area contributed by atoms with Gasteiger partial charge in [-0.3, -0.25) is 14.9 Å². The zero-order chi connectivity index (χ0) is 10.7. The van der Waals surface area contributed by atoms with Crippen LogP contribution < -0.4 is 0 Å². The molecule has 0 aromatic heterocycles. The molecule has 0 aliphatic rings. The van der Waals surface area contributed by atoms with Crippen molar-refractivity contribution in [2.45, 2.75) is 0 Å². The number of hydrogen-bond acceptors (Lipinski definition) is 3. The van der Waals surface area contributed by atoms with E-state index < -0.39 is 28.1 Å². The lowest BCUT2D eigenvalue weighted by Gasteiger charge is -1.99. The molecule has 1 aromatic rings. The molecule has 74 valence electrons. The predicted octanol–water partition coefficient (Wildman–Crippen LogP) is 2.16. The number of carbonyl (C=O) groups is 1. The zero-order valence-corrected chi connectivity index (χ0v) is 7.62. The van der Waals surface area contributed by atoms with E-state index in [1.54, 1.807) is 0 Å². The van der Waals surface area contributed by atoms with Crippen molar-refractivity contribution in [3.63, 3.8) is 0 Å². The number of nitrogens with zero attached hydrogens (tertiary/aromatic N) is 1. The molecule has 0 saturated carbocycles. The van der Waals surface area contributed by atoms with Crippen molar-refractivity contribution in [3.05, 3.63) is 39.7 Å². The first-order chi connectivity index (χ1) is 6.56. The fourth-order valence-corrected chi connectivity index (χ4v) is 1.11. The summed E-state index contributed by atoms with van der Waals surface area (Å²) in [5.74, 6) is -1.79. The van der Waals surface area contributed by atoms with Crippen molar-refractivity contribution in [2.24, 2.45) is 0 Å². The summed E-state index contributed by atoms with van der Waals surface area (Å²) >= 11 is 5.22. The van der Waals surface area contributed by atoms with Crippen molar-refractivity contribution in [1.82, 2.24) is 0 Å². The lowest BCUT2D eigenvalue weighted by atomic mass is 10.1. The molecule has 0 aliphatic heterocycles. The Kier molecular flexibility index (Phi) is 3.14. The molecule has 0 unspecified atom stereocenters. The second-order valence-corrected chi connectivity index (χ2v) is 2.74. The summed E-state index contributed by atoms with van der Waals surface area (Å²) in [4.78, 5) is 20.8. The van der Waals surface area contributed by atoms with Crippen molar-refractivity contribution >= 4 is 23.1 Å². The van der Waals surface area contributed by atoms with Crippen LogP contribution >= 0.6 is 11.6 Å². The van der Waals surface area contributed by atoms with E-state index in [-0.39, 0.29) is 5.56 Å². The van der Waals surface area contributed by atoms with E-state index in [0.29, 0.717) is 0 Å².